The second kappa shape index (κ2) is 8.14. The van der Waals surface area contributed by atoms with Crippen LogP contribution in [0, 0.1) is 5.92 Å². The lowest BCUT2D eigenvalue weighted by Crippen LogP contribution is -2.47. The van der Waals surface area contributed by atoms with Crippen molar-refractivity contribution in [2.24, 2.45) is 5.92 Å². The van der Waals surface area contributed by atoms with Gasteiger partial charge in [0.15, 0.2) is 5.78 Å². The minimum absolute atomic E-state index is 0.00305. The number of amides is 1. The van der Waals surface area contributed by atoms with E-state index in [1.807, 2.05) is 32.0 Å². The number of nitrogens with one attached hydrogen (secondary N) is 2. The molecule has 2 N–H and O–H groups in total. The average molecular weight is 316 g/mol. The molecule has 1 amide bonds. The predicted molar refractivity (Wildman–Crippen MR) is 93.7 cm³/mol. The van der Waals surface area contributed by atoms with Crippen molar-refractivity contribution in [3.63, 3.8) is 0 Å². The van der Waals surface area contributed by atoms with Gasteiger partial charge in [0, 0.05) is 17.3 Å². The highest BCUT2D eigenvalue weighted by molar-refractivity contribution is 6.00. The van der Waals surface area contributed by atoms with Crippen LogP contribution >= 0.6 is 0 Å². The van der Waals surface area contributed by atoms with Crippen LogP contribution in [-0.2, 0) is 4.79 Å². The number of rotatable bonds is 6. The Balaban J connectivity index is 2.09. The minimum atomic E-state index is -0.336. The standard InChI is InChI=1S/C19H28N2O2/c1-13(2)18(19(23)20-15-9-5-4-6-10-15)21-17-12-8-7-11-16(17)14(3)22/h7-8,11-13,15,18,21H,4-6,9-10H2,1-3H3,(H,20,23). The molecule has 0 heterocycles. The zero-order valence-electron chi connectivity index (χ0n) is 14.4. The van der Waals surface area contributed by atoms with Gasteiger partial charge in [0.25, 0.3) is 0 Å². The molecule has 23 heavy (non-hydrogen) atoms. The Morgan fingerprint density at radius 3 is 2.35 bits per heavy atom. The molecule has 1 aliphatic rings. The minimum Gasteiger partial charge on any atom is -0.373 e. The van der Waals surface area contributed by atoms with Gasteiger partial charge in [0.05, 0.1) is 0 Å². The van der Waals surface area contributed by atoms with Crippen molar-refractivity contribution in [2.45, 2.75) is 65.0 Å². The molecule has 1 unspecified atom stereocenters. The van der Waals surface area contributed by atoms with Gasteiger partial charge >= 0.3 is 0 Å². The Labute approximate surface area is 139 Å². The summed E-state index contributed by atoms with van der Waals surface area (Å²) in [5.74, 6) is 0.173. The van der Waals surface area contributed by atoms with Crippen molar-refractivity contribution >= 4 is 17.4 Å². The van der Waals surface area contributed by atoms with E-state index in [9.17, 15) is 9.59 Å². The van der Waals surface area contributed by atoms with E-state index in [1.165, 1.54) is 19.3 Å². The van der Waals surface area contributed by atoms with Crippen molar-refractivity contribution in [3.8, 4) is 0 Å². The van der Waals surface area contributed by atoms with Crippen molar-refractivity contribution < 1.29 is 9.59 Å². The van der Waals surface area contributed by atoms with Crippen molar-refractivity contribution in [2.75, 3.05) is 5.32 Å². The number of ketones is 1. The molecular weight excluding hydrogens is 288 g/mol. The number of para-hydroxylation sites is 1. The highest BCUT2D eigenvalue weighted by Crippen LogP contribution is 2.21. The predicted octanol–water partition coefficient (Wildman–Crippen LogP) is 3.77. The van der Waals surface area contributed by atoms with E-state index in [-0.39, 0.29) is 23.7 Å². The van der Waals surface area contributed by atoms with E-state index >= 15 is 0 Å². The molecular formula is C19H28N2O2. The summed E-state index contributed by atoms with van der Waals surface area (Å²) in [6, 6.07) is 7.33. The van der Waals surface area contributed by atoms with Crippen molar-refractivity contribution in [3.05, 3.63) is 29.8 Å². The Morgan fingerprint density at radius 1 is 1.09 bits per heavy atom. The molecule has 1 aliphatic carbocycles. The molecule has 2 rings (SSSR count). The molecule has 1 atom stereocenters. The van der Waals surface area contributed by atoms with E-state index in [1.54, 1.807) is 13.0 Å². The molecule has 1 fully saturated rings. The molecule has 4 heteroatoms. The largest absolute Gasteiger partial charge is 0.373 e. The Kier molecular flexibility index (Phi) is 6.20. The van der Waals surface area contributed by atoms with Crippen LogP contribution in [0.25, 0.3) is 0 Å². The van der Waals surface area contributed by atoms with Crippen LogP contribution in [-0.4, -0.2) is 23.8 Å². The molecule has 0 saturated heterocycles. The Bertz CT molecular complexity index is 548. The smallest absolute Gasteiger partial charge is 0.242 e. The summed E-state index contributed by atoms with van der Waals surface area (Å²) >= 11 is 0. The van der Waals surface area contributed by atoms with E-state index in [0.717, 1.165) is 18.5 Å². The molecule has 1 aromatic rings. The third kappa shape index (κ3) is 4.81. The Hall–Kier alpha value is -1.84. The molecule has 1 aromatic carbocycles. The number of hydrogen-bond acceptors (Lipinski definition) is 3. The number of carbonyl (C=O) groups excluding carboxylic acids is 2. The van der Waals surface area contributed by atoms with Crippen LogP contribution in [0.3, 0.4) is 0 Å². The fourth-order valence-electron chi connectivity index (χ4n) is 3.16. The summed E-state index contributed by atoms with van der Waals surface area (Å²) in [6.07, 6.45) is 5.79. The number of anilines is 1. The molecule has 0 aromatic heterocycles. The van der Waals surface area contributed by atoms with Gasteiger partial charge in [-0.05, 0) is 37.8 Å². The second-order valence-corrected chi connectivity index (χ2v) is 6.81. The first-order chi connectivity index (χ1) is 11.0. The fourth-order valence-corrected chi connectivity index (χ4v) is 3.16. The zero-order valence-corrected chi connectivity index (χ0v) is 14.4. The Morgan fingerprint density at radius 2 is 1.74 bits per heavy atom. The molecule has 0 aliphatic heterocycles. The summed E-state index contributed by atoms with van der Waals surface area (Å²) in [6.45, 7) is 5.59. The number of benzene rings is 1. The van der Waals surface area contributed by atoms with Crippen LogP contribution < -0.4 is 10.6 Å². The van der Waals surface area contributed by atoms with Gasteiger partial charge in [-0.1, -0.05) is 45.2 Å². The van der Waals surface area contributed by atoms with Gasteiger partial charge < -0.3 is 10.6 Å². The lowest BCUT2D eigenvalue weighted by atomic mass is 9.94. The van der Waals surface area contributed by atoms with Gasteiger partial charge in [-0.15, -0.1) is 0 Å². The lowest BCUT2D eigenvalue weighted by Gasteiger charge is -2.28. The SMILES string of the molecule is CC(=O)c1ccccc1NC(C(=O)NC1CCCCC1)C(C)C. The first-order valence-electron chi connectivity index (χ1n) is 8.66. The first-order valence-corrected chi connectivity index (χ1v) is 8.66. The maximum absolute atomic E-state index is 12.7. The third-order valence-electron chi connectivity index (χ3n) is 4.52. The molecule has 126 valence electrons. The fraction of sp³-hybridized carbons (Fsp3) is 0.579. The van der Waals surface area contributed by atoms with Crippen LogP contribution in [0.5, 0.6) is 0 Å². The summed E-state index contributed by atoms with van der Waals surface area (Å²) < 4.78 is 0. The van der Waals surface area contributed by atoms with Crippen LogP contribution in [0.2, 0.25) is 0 Å². The summed E-state index contributed by atoms with van der Waals surface area (Å²) in [5.41, 5.74) is 1.36. The van der Waals surface area contributed by atoms with Gasteiger partial charge in [0.2, 0.25) is 5.91 Å². The van der Waals surface area contributed by atoms with Crippen LogP contribution in [0.15, 0.2) is 24.3 Å². The average Bonchev–Trinajstić information content (AvgIpc) is 2.53. The highest BCUT2D eigenvalue weighted by atomic mass is 16.2. The molecule has 0 radical (unpaired) electrons. The maximum Gasteiger partial charge on any atom is 0.242 e. The van der Waals surface area contributed by atoms with Crippen LogP contribution in [0.4, 0.5) is 5.69 Å². The van der Waals surface area contributed by atoms with Gasteiger partial charge in [-0.25, -0.2) is 0 Å². The van der Waals surface area contributed by atoms with Crippen molar-refractivity contribution in [1.29, 1.82) is 0 Å². The summed E-state index contributed by atoms with van der Waals surface area (Å²) in [7, 11) is 0. The van der Waals surface area contributed by atoms with E-state index in [4.69, 9.17) is 0 Å². The van der Waals surface area contributed by atoms with E-state index in [2.05, 4.69) is 10.6 Å². The number of hydrogen-bond donors (Lipinski definition) is 2. The highest BCUT2D eigenvalue weighted by Gasteiger charge is 2.26. The quantitative estimate of drug-likeness (QED) is 0.785. The first kappa shape index (κ1) is 17.5. The summed E-state index contributed by atoms with van der Waals surface area (Å²) in [5, 5.41) is 6.47. The topological polar surface area (TPSA) is 58.2 Å². The van der Waals surface area contributed by atoms with E-state index < -0.39 is 0 Å². The van der Waals surface area contributed by atoms with Gasteiger partial charge in [-0.3, -0.25) is 9.59 Å². The molecule has 4 nitrogen and oxygen atoms in total. The maximum atomic E-state index is 12.7. The number of carbonyl (C=O) groups is 2. The zero-order chi connectivity index (χ0) is 16.8. The number of Topliss-reactive ketones (excluding diaryl/α,β-unsaturated/α-hetero) is 1. The molecule has 1 saturated carbocycles. The van der Waals surface area contributed by atoms with Gasteiger partial charge in [0.1, 0.15) is 6.04 Å². The van der Waals surface area contributed by atoms with Gasteiger partial charge in [-0.2, -0.15) is 0 Å². The van der Waals surface area contributed by atoms with Crippen molar-refractivity contribution in [1.82, 2.24) is 5.32 Å². The third-order valence-corrected chi connectivity index (χ3v) is 4.52. The molecule has 0 spiro atoms. The second-order valence-electron chi connectivity index (χ2n) is 6.81. The lowest BCUT2D eigenvalue weighted by molar-refractivity contribution is -0.123. The summed E-state index contributed by atoms with van der Waals surface area (Å²) in [4.78, 5) is 24.4. The van der Waals surface area contributed by atoms with E-state index in [0.29, 0.717) is 11.6 Å². The molecule has 0 bridgehead atoms. The normalized spacial score (nSPS) is 16.9. The monoisotopic (exact) mass is 316 g/mol. The van der Waals surface area contributed by atoms with Crippen LogP contribution in [0.1, 0.15) is 63.2 Å².